The predicted molar refractivity (Wildman–Crippen MR) is 74.8 cm³/mol. The van der Waals surface area contributed by atoms with E-state index in [0.717, 1.165) is 11.3 Å². The minimum absolute atomic E-state index is 0.00666. The number of nitrogens with zero attached hydrogens (tertiary/aromatic N) is 1. The molecule has 1 atom stereocenters. The van der Waals surface area contributed by atoms with Crippen LogP contribution in [-0.2, 0) is 11.3 Å². The number of para-hydroxylation sites is 1. The van der Waals surface area contributed by atoms with Gasteiger partial charge in [-0.3, -0.25) is 4.79 Å². The van der Waals surface area contributed by atoms with Crippen molar-refractivity contribution in [3.05, 3.63) is 29.8 Å². The van der Waals surface area contributed by atoms with Crippen molar-refractivity contribution < 1.29 is 9.53 Å². The second-order valence-electron chi connectivity index (χ2n) is 6.06. The summed E-state index contributed by atoms with van der Waals surface area (Å²) in [6, 6.07) is 7.34. The van der Waals surface area contributed by atoms with Crippen LogP contribution in [0.5, 0.6) is 5.75 Å². The van der Waals surface area contributed by atoms with Gasteiger partial charge in [0, 0.05) is 12.1 Å². The fourth-order valence-corrected chi connectivity index (χ4v) is 2.08. The molecule has 1 aliphatic heterocycles. The first-order valence-electron chi connectivity index (χ1n) is 6.64. The fourth-order valence-electron chi connectivity index (χ4n) is 2.08. The second-order valence-corrected chi connectivity index (χ2v) is 6.06. The Morgan fingerprint density at radius 2 is 2.05 bits per heavy atom. The van der Waals surface area contributed by atoms with E-state index in [1.165, 1.54) is 0 Å². The standard InChI is InChI=1S/C15H22N2O2/c1-15(2,3)13(16)14(18)17-8-9-19-12-7-5-4-6-11(12)10-17/h4-7,13H,8-10,16H2,1-3H3. The first-order chi connectivity index (χ1) is 8.89. The Morgan fingerprint density at radius 1 is 1.37 bits per heavy atom. The van der Waals surface area contributed by atoms with Gasteiger partial charge in [0.15, 0.2) is 0 Å². The molecule has 0 bridgehead atoms. The maximum absolute atomic E-state index is 12.5. The number of benzene rings is 1. The zero-order valence-corrected chi connectivity index (χ0v) is 11.8. The third-order valence-electron chi connectivity index (χ3n) is 3.46. The number of hydrogen-bond donors (Lipinski definition) is 1. The minimum Gasteiger partial charge on any atom is -0.491 e. The average Bonchev–Trinajstić information content (AvgIpc) is 2.57. The van der Waals surface area contributed by atoms with Gasteiger partial charge in [-0.15, -0.1) is 0 Å². The highest BCUT2D eigenvalue weighted by molar-refractivity contribution is 5.82. The summed E-state index contributed by atoms with van der Waals surface area (Å²) in [5.41, 5.74) is 6.87. The van der Waals surface area contributed by atoms with Gasteiger partial charge in [-0.1, -0.05) is 39.0 Å². The van der Waals surface area contributed by atoms with Gasteiger partial charge in [0.05, 0.1) is 12.6 Å². The van der Waals surface area contributed by atoms with E-state index >= 15 is 0 Å². The predicted octanol–water partition coefficient (Wildman–Crippen LogP) is 1.78. The summed E-state index contributed by atoms with van der Waals surface area (Å²) in [7, 11) is 0. The van der Waals surface area contributed by atoms with Crippen LogP contribution in [-0.4, -0.2) is 30.0 Å². The molecule has 2 N–H and O–H groups in total. The van der Waals surface area contributed by atoms with Gasteiger partial charge in [-0.05, 0) is 11.5 Å². The molecule has 0 saturated carbocycles. The molecule has 0 aliphatic carbocycles. The number of nitrogens with two attached hydrogens (primary N) is 1. The van der Waals surface area contributed by atoms with Crippen molar-refractivity contribution in [1.29, 1.82) is 0 Å². The largest absolute Gasteiger partial charge is 0.491 e. The van der Waals surface area contributed by atoms with Crippen LogP contribution in [0.15, 0.2) is 24.3 Å². The lowest BCUT2D eigenvalue weighted by atomic mass is 9.86. The molecule has 1 aromatic rings. The van der Waals surface area contributed by atoms with E-state index in [-0.39, 0.29) is 11.3 Å². The van der Waals surface area contributed by atoms with E-state index in [9.17, 15) is 4.79 Å². The molecule has 4 heteroatoms. The molecule has 1 aliphatic rings. The zero-order valence-electron chi connectivity index (χ0n) is 11.8. The Hall–Kier alpha value is -1.55. The van der Waals surface area contributed by atoms with E-state index in [4.69, 9.17) is 10.5 Å². The molecule has 0 aromatic heterocycles. The summed E-state index contributed by atoms with van der Waals surface area (Å²) in [5, 5.41) is 0. The second kappa shape index (κ2) is 5.21. The number of amides is 1. The lowest BCUT2D eigenvalue weighted by molar-refractivity contribution is -0.135. The van der Waals surface area contributed by atoms with Gasteiger partial charge in [-0.2, -0.15) is 0 Å². The Kier molecular flexibility index (Phi) is 3.80. The molecular formula is C15H22N2O2. The Balaban J connectivity index is 2.17. The molecule has 104 valence electrons. The SMILES string of the molecule is CC(C)(C)C(N)C(=O)N1CCOc2ccccc2C1. The van der Waals surface area contributed by atoms with E-state index in [1.807, 2.05) is 45.0 Å². The summed E-state index contributed by atoms with van der Waals surface area (Å²) < 4.78 is 5.66. The minimum atomic E-state index is -0.488. The van der Waals surface area contributed by atoms with Crippen molar-refractivity contribution in [2.24, 2.45) is 11.1 Å². The monoisotopic (exact) mass is 262 g/mol. The lowest BCUT2D eigenvalue weighted by Crippen LogP contribution is -2.50. The Bertz CT molecular complexity index is 465. The van der Waals surface area contributed by atoms with Crippen molar-refractivity contribution in [1.82, 2.24) is 4.90 Å². The molecule has 0 saturated heterocycles. The van der Waals surface area contributed by atoms with Gasteiger partial charge in [0.25, 0.3) is 0 Å². The summed E-state index contributed by atoms with van der Waals surface area (Å²) >= 11 is 0. The van der Waals surface area contributed by atoms with Crippen LogP contribution in [0.25, 0.3) is 0 Å². The topological polar surface area (TPSA) is 55.6 Å². The fraction of sp³-hybridized carbons (Fsp3) is 0.533. The zero-order chi connectivity index (χ0) is 14.0. The van der Waals surface area contributed by atoms with Crippen LogP contribution >= 0.6 is 0 Å². The summed E-state index contributed by atoms with van der Waals surface area (Å²) in [4.78, 5) is 14.2. The summed E-state index contributed by atoms with van der Waals surface area (Å²) in [6.07, 6.45) is 0. The van der Waals surface area contributed by atoms with Gasteiger partial charge in [0.2, 0.25) is 5.91 Å². The van der Waals surface area contributed by atoms with Crippen LogP contribution in [0.1, 0.15) is 26.3 Å². The number of fused-ring (bicyclic) bond motifs is 1. The molecule has 0 spiro atoms. The number of carbonyl (C=O) groups is 1. The summed E-state index contributed by atoms with van der Waals surface area (Å²) in [6.45, 7) is 7.61. The highest BCUT2D eigenvalue weighted by Crippen LogP contribution is 2.25. The molecule has 1 unspecified atom stereocenters. The maximum Gasteiger partial charge on any atom is 0.240 e. The van der Waals surface area contributed by atoms with E-state index in [2.05, 4.69) is 0 Å². The van der Waals surface area contributed by atoms with Crippen LogP contribution in [0, 0.1) is 5.41 Å². The molecule has 4 nitrogen and oxygen atoms in total. The van der Waals surface area contributed by atoms with E-state index < -0.39 is 6.04 Å². The van der Waals surface area contributed by atoms with Crippen LogP contribution in [0.3, 0.4) is 0 Å². The Labute approximate surface area is 114 Å². The van der Waals surface area contributed by atoms with Gasteiger partial charge >= 0.3 is 0 Å². The lowest BCUT2D eigenvalue weighted by Gasteiger charge is -2.31. The molecular weight excluding hydrogens is 240 g/mol. The van der Waals surface area contributed by atoms with Crippen molar-refractivity contribution >= 4 is 5.91 Å². The first kappa shape index (κ1) is 13.9. The molecule has 19 heavy (non-hydrogen) atoms. The number of ether oxygens (including phenoxy) is 1. The number of rotatable bonds is 1. The highest BCUT2D eigenvalue weighted by atomic mass is 16.5. The van der Waals surface area contributed by atoms with Gasteiger partial charge in [0.1, 0.15) is 12.4 Å². The number of hydrogen-bond acceptors (Lipinski definition) is 3. The maximum atomic E-state index is 12.5. The van der Waals surface area contributed by atoms with Crippen molar-refractivity contribution in [3.8, 4) is 5.75 Å². The first-order valence-corrected chi connectivity index (χ1v) is 6.64. The quantitative estimate of drug-likeness (QED) is 0.839. The van der Waals surface area contributed by atoms with E-state index in [0.29, 0.717) is 19.7 Å². The normalized spacial score (nSPS) is 17.2. The summed E-state index contributed by atoms with van der Waals surface area (Å²) in [5.74, 6) is 0.856. The number of carbonyl (C=O) groups excluding carboxylic acids is 1. The third kappa shape index (κ3) is 3.07. The molecule has 1 amide bonds. The van der Waals surface area contributed by atoms with Gasteiger partial charge in [-0.25, -0.2) is 0 Å². The smallest absolute Gasteiger partial charge is 0.240 e. The van der Waals surface area contributed by atoms with Crippen LogP contribution in [0.4, 0.5) is 0 Å². The highest BCUT2D eigenvalue weighted by Gasteiger charge is 2.32. The average molecular weight is 262 g/mol. The molecule has 0 fully saturated rings. The van der Waals surface area contributed by atoms with Crippen LogP contribution in [0.2, 0.25) is 0 Å². The third-order valence-corrected chi connectivity index (χ3v) is 3.46. The Morgan fingerprint density at radius 3 is 2.74 bits per heavy atom. The van der Waals surface area contributed by atoms with Crippen molar-refractivity contribution in [2.75, 3.05) is 13.2 Å². The molecule has 0 radical (unpaired) electrons. The van der Waals surface area contributed by atoms with Crippen LogP contribution < -0.4 is 10.5 Å². The van der Waals surface area contributed by atoms with E-state index in [1.54, 1.807) is 4.90 Å². The van der Waals surface area contributed by atoms with Gasteiger partial charge < -0.3 is 15.4 Å². The molecule has 1 heterocycles. The molecule has 2 rings (SSSR count). The van der Waals surface area contributed by atoms with Crippen molar-refractivity contribution in [2.45, 2.75) is 33.4 Å². The van der Waals surface area contributed by atoms with Crippen molar-refractivity contribution in [3.63, 3.8) is 0 Å². The molecule has 1 aromatic carbocycles.